The van der Waals surface area contributed by atoms with Crippen LogP contribution in [0.1, 0.15) is 43.3 Å². The van der Waals surface area contributed by atoms with E-state index in [0.717, 1.165) is 29.3 Å². The molecule has 1 N–H and O–H groups in total. The average Bonchev–Trinajstić information content (AvgIpc) is 2.72. The Bertz CT molecular complexity index is 453. The molecule has 2 rings (SSSR count). The quantitative estimate of drug-likeness (QED) is 0.854. The van der Waals surface area contributed by atoms with Gasteiger partial charge < -0.3 is 0 Å². The van der Waals surface area contributed by atoms with Crippen molar-refractivity contribution in [1.29, 1.82) is 0 Å². The van der Waals surface area contributed by atoms with Gasteiger partial charge in [-0.15, -0.1) is 11.3 Å². The summed E-state index contributed by atoms with van der Waals surface area (Å²) in [5, 5.41) is 7.04. The largest absolute Gasteiger partial charge is 0.273 e. The van der Waals surface area contributed by atoms with Crippen molar-refractivity contribution in [1.82, 2.24) is 10.4 Å². The predicted octanol–water partition coefficient (Wildman–Crippen LogP) is 2.68. The van der Waals surface area contributed by atoms with Crippen molar-refractivity contribution in [3.8, 4) is 0 Å². The first-order chi connectivity index (χ1) is 8.63. The molecule has 0 radical (unpaired) electrons. The molecule has 1 saturated carbocycles. The molecule has 1 aromatic rings. The van der Waals surface area contributed by atoms with Gasteiger partial charge in [0.25, 0.3) is 0 Å². The van der Waals surface area contributed by atoms with Crippen molar-refractivity contribution < 1.29 is 4.79 Å². The highest BCUT2D eigenvalue weighted by Gasteiger charge is 2.14. The van der Waals surface area contributed by atoms with Crippen LogP contribution in [0.15, 0.2) is 10.5 Å². The molecule has 1 fully saturated rings. The fourth-order valence-electron chi connectivity index (χ4n) is 2.16. The molecule has 0 aromatic carbocycles. The molecular weight excluding hydrogens is 246 g/mol. The number of rotatable bonds is 3. The molecule has 1 atom stereocenters. The maximum Gasteiger partial charge on any atom is 0.246 e. The first kappa shape index (κ1) is 13.2. The number of carbonyl (C=O) groups excluding carboxylic acids is 1. The number of hydrogen-bond acceptors (Lipinski definition) is 4. The summed E-state index contributed by atoms with van der Waals surface area (Å²) in [5.74, 6) is 0.617. The summed E-state index contributed by atoms with van der Waals surface area (Å²) in [6.45, 7) is 4.16. The molecule has 0 unspecified atom stereocenters. The first-order valence-corrected chi connectivity index (χ1v) is 7.26. The minimum Gasteiger partial charge on any atom is -0.273 e. The van der Waals surface area contributed by atoms with E-state index in [4.69, 9.17) is 0 Å². The summed E-state index contributed by atoms with van der Waals surface area (Å²) in [6.07, 6.45) is 4.80. The molecule has 1 aliphatic rings. The van der Waals surface area contributed by atoms with E-state index >= 15 is 0 Å². The number of hydrogen-bond donors (Lipinski definition) is 1. The molecule has 1 amide bonds. The van der Waals surface area contributed by atoms with E-state index in [2.05, 4.69) is 22.4 Å². The van der Waals surface area contributed by atoms with E-state index in [1.54, 1.807) is 0 Å². The van der Waals surface area contributed by atoms with Crippen LogP contribution in [0.3, 0.4) is 0 Å². The lowest BCUT2D eigenvalue weighted by Gasteiger charge is -2.18. The zero-order chi connectivity index (χ0) is 13.0. The van der Waals surface area contributed by atoms with Crippen LogP contribution in [0.4, 0.5) is 0 Å². The second-order valence-electron chi connectivity index (χ2n) is 4.97. The standard InChI is InChI=1S/C13H19N3OS/c1-9-4-3-5-11(6-9)15-16-12(17)7-13-14-10(2)8-18-13/h8-9H,3-7H2,1-2H3,(H,16,17)/b15-11+/t9-/m1/s1. The van der Waals surface area contributed by atoms with Gasteiger partial charge in [0.2, 0.25) is 5.91 Å². The molecule has 18 heavy (non-hydrogen) atoms. The van der Waals surface area contributed by atoms with E-state index in [1.807, 2.05) is 12.3 Å². The molecule has 5 heteroatoms. The number of carbonyl (C=O) groups is 1. The van der Waals surface area contributed by atoms with Crippen molar-refractivity contribution in [3.05, 3.63) is 16.1 Å². The van der Waals surface area contributed by atoms with Crippen LogP contribution in [0.2, 0.25) is 0 Å². The third-order valence-electron chi connectivity index (χ3n) is 3.06. The van der Waals surface area contributed by atoms with Crippen LogP contribution in [-0.4, -0.2) is 16.6 Å². The Morgan fingerprint density at radius 3 is 3.17 bits per heavy atom. The highest BCUT2D eigenvalue weighted by atomic mass is 32.1. The Hall–Kier alpha value is -1.23. The third-order valence-corrected chi connectivity index (χ3v) is 4.03. The Balaban J connectivity index is 1.82. The lowest BCUT2D eigenvalue weighted by atomic mass is 9.89. The molecule has 0 saturated heterocycles. The van der Waals surface area contributed by atoms with E-state index in [1.165, 1.54) is 24.2 Å². The van der Waals surface area contributed by atoms with Crippen LogP contribution in [0, 0.1) is 12.8 Å². The van der Waals surface area contributed by atoms with Gasteiger partial charge in [0.15, 0.2) is 0 Å². The van der Waals surface area contributed by atoms with Gasteiger partial charge in [-0.2, -0.15) is 5.10 Å². The normalized spacial score (nSPS) is 22.1. The SMILES string of the molecule is Cc1csc(CC(=O)N/N=C2\CCC[C@@H](C)C2)n1. The minimum absolute atomic E-state index is 0.0740. The van der Waals surface area contributed by atoms with Crippen molar-refractivity contribution in [2.24, 2.45) is 11.0 Å². The van der Waals surface area contributed by atoms with E-state index in [0.29, 0.717) is 12.3 Å². The topological polar surface area (TPSA) is 54.4 Å². The van der Waals surface area contributed by atoms with Crippen LogP contribution < -0.4 is 5.43 Å². The number of hydrazone groups is 1. The fraction of sp³-hybridized carbons (Fsp3) is 0.615. The number of nitrogens with zero attached hydrogens (tertiary/aromatic N) is 2. The number of aromatic nitrogens is 1. The van der Waals surface area contributed by atoms with Gasteiger partial charge in [-0.25, -0.2) is 10.4 Å². The number of aryl methyl sites for hydroxylation is 1. The average molecular weight is 265 g/mol. The molecule has 0 aliphatic heterocycles. The number of amides is 1. The van der Waals surface area contributed by atoms with Gasteiger partial charge in [-0.3, -0.25) is 4.79 Å². The summed E-state index contributed by atoms with van der Waals surface area (Å²) >= 11 is 1.52. The summed E-state index contributed by atoms with van der Waals surface area (Å²) in [4.78, 5) is 16.0. The van der Waals surface area contributed by atoms with Crippen molar-refractivity contribution in [2.45, 2.75) is 46.0 Å². The lowest BCUT2D eigenvalue weighted by Crippen LogP contribution is -2.23. The second kappa shape index (κ2) is 6.09. The maximum absolute atomic E-state index is 11.7. The Morgan fingerprint density at radius 1 is 1.67 bits per heavy atom. The number of nitrogens with one attached hydrogen (secondary N) is 1. The van der Waals surface area contributed by atoms with Gasteiger partial charge in [0, 0.05) is 16.8 Å². The zero-order valence-corrected chi connectivity index (χ0v) is 11.7. The van der Waals surface area contributed by atoms with Gasteiger partial charge in [-0.1, -0.05) is 6.92 Å². The first-order valence-electron chi connectivity index (χ1n) is 6.39. The highest BCUT2D eigenvalue weighted by Crippen LogP contribution is 2.20. The Morgan fingerprint density at radius 2 is 2.50 bits per heavy atom. The van der Waals surface area contributed by atoms with Gasteiger partial charge in [0.05, 0.1) is 6.42 Å². The van der Waals surface area contributed by atoms with Gasteiger partial charge in [0.1, 0.15) is 5.01 Å². The van der Waals surface area contributed by atoms with E-state index < -0.39 is 0 Å². The van der Waals surface area contributed by atoms with Crippen LogP contribution >= 0.6 is 11.3 Å². The summed E-state index contributed by atoms with van der Waals surface area (Å²) in [7, 11) is 0. The smallest absolute Gasteiger partial charge is 0.246 e. The summed E-state index contributed by atoms with van der Waals surface area (Å²) < 4.78 is 0. The number of thiazole rings is 1. The van der Waals surface area contributed by atoms with E-state index in [-0.39, 0.29) is 5.91 Å². The Kier molecular flexibility index (Phi) is 4.47. The molecular formula is C13H19N3OS. The molecule has 1 heterocycles. The molecule has 0 bridgehead atoms. The summed E-state index contributed by atoms with van der Waals surface area (Å²) in [6, 6.07) is 0. The molecule has 0 spiro atoms. The molecule has 1 aliphatic carbocycles. The maximum atomic E-state index is 11.7. The van der Waals surface area contributed by atoms with Crippen LogP contribution in [0.5, 0.6) is 0 Å². The van der Waals surface area contributed by atoms with Crippen molar-refractivity contribution in [3.63, 3.8) is 0 Å². The van der Waals surface area contributed by atoms with Crippen LogP contribution in [-0.2, 0) is 11.2 Å². The lowest BCUT2D eigenvalue weighted by molar-refractivity contribution is -0.120. The molecule has 4 nitrogen and oxygen atoms in total. The molecule has 98 valence electrons. The fourth-order valence-corrected chi connectivity index (χ4v) is 2.94. The predicted molar refractivity (Wildman–Crippen MR) is 73.8 cm³/mol. The third kappa shape index (κ3) is 3.91. The monoisotopic (exact) mass is 265 g/mol. The van der Waals surface area contributed by atoms with Gasteiger partial charge in [-0.05, 0) is 38.5 Å². The van der Waals surface area contributed by atoms with Gasteiger partial charge >= 0.3 is 0 Å². The minimum atomic E-state index is -0.0740. The molecule has 1 aromatic heterocycles. The Labute approximate surface area is 112 Å². The van der Waals surface area contributed by atoms with Crippen molar-refractivity contribution >= 4 is 23.0 Å². The van der Waals surface area contributed by atoms with Crippen LogP contribution in [0.25, 0.3) is 0 Å². The second-order valence-corrected chi connectivity index (χ2v) is 5.92. The zero-order valence-electron chi connectivity index (χ0n) is 10.9. The summed E-state index contributed by atoms with van der Waals surface area (Å²) in [5.41, 5.74) is 4.74. The highest BCUT2D eigenvalue weighted by molar-refractivity contribution is 7.09. The van der Waals surface area contributed by atoms with E-state index in [9.17, 15) is 4.79 Å². The van der Waals surface area contributed by atoms with Crippen molar-refractivity contribution in [2.75, 3.05) is 0 Å².